The number of aryl methyl sites for hydroxylation is 1. The lowest BCUT2D eigenvalue weighted by Crippen LogP contribution is -2.43. The van der Waals surface area contributed by atoms with Crippen LogP contribution in [0.2, 0.25) is 0 Å². The van der Waals surface area contributed by atoms with E-state index in [1.807, 2.05) is 73.7 Å². The fourth-order valence-electron chi connectivity index (χ4n) is 5.64. The van der Waals surface area contributed by atoms with Crippen LogP contribution in [0.3, 0.4) is 0 Å². The van der Waals surface area contributed by atoms with Gasteiger partial charge in [-0.2, -0.15) is 8.42 Å². The molecule has 1 amide bonds. The minimum absolute atomic E-state index is 0.000399. The van der Waals surface area contributed by atoms with Crippen LogP contribution in [0.15, 0.2) is 132 Å². The Labute approximate surface area is 274 Å². The molecule has 5 aromatic rings. The molecule has 1 aliphatic carbocycles. The van der Waals surface area contributed by atoms with Crippen LogP contribution < -0.4 is 9.50 Å². The molecule has 0 radical (unpaired) electrons. The third-order valence-corrected chi connectivity index (χ3v) is 9.26. The number of carbonyl (C=O) groups excluding carboxylic acids is 2. The van der Waals surface area contributed by atoms with Crippen molar-refractivity contribution in [1.29, 1.82) is 0 Å². The van der Waals surface area contributed by atoms with E-state index in [4.69, 9.17) is 13.7 Å². The highest BCUT2D eigenvalue weighted by Crippen LogP contribution is 2.44. The lowest BCUT2D eigenvalue weighted by Gasteiger charge is -2.20. The van der Waals surface area contributed by atoms with E-state index in [2.05, 4.69) is 17.4 Å². The van der Waals surface area contributed by atoms with E-state index in [0.717, 1.165) is 33.4 Å². The van der Waals surface area contributed by atoms with Crippen molar-refractivity contribution in [3.05, 3.63) is 155 Å². The first-order valence-corrected chi connectivity index (χ1v) is 16.6. The Hall–Kier alpha value is -5.41. The highest BCUT2D eigenvalue weighted by molar-refractivity contribution is 7.87. The molecule has 1 aliphatic rings. The summed E-state index contributed by atoms with van der Waals surface area (Å²) in [7, 11) is -4.09. The average molecular weight is 648 g/mol. The molecule has 238 valence electrons. The molecule has 1 N–H and O–H groups in total. The van der Waals surface area contributed by atoms with Gasteiger partial charge in [-0.25, -0.2) is 9.59 Å². The predicted octanol–water partition coefficient (Wildman–Crippen LogP) is 6.96. The molecule has 47 heavy (non-hydrogen) atoms. The van der Waals surface area contributed by atoms with Gasteiger partial charge in [-0.05, 0) is 64.6 Å². The zero-order chi connectivity index (χ0) is 32.8. The molecule has 0 fully saturated rings. The number of esters is 1. The van der Waals surface area contributed by atoms with Gasteiger partial charge < -0.3 is 19.0 Å². The molecule has 0 saturated heterocycles. The number of rotatable bonds is 11. The second kappa shape index (κ2) is 13.9. The minimum atomic E-state index is -4.09. The third-order valence-electron chi connectivity index (χ3n) is 8.00. The van der Waals surface area contributed by atoms with E-state index in [0.29, 0.717) is 5.56 Å². The summed E-state index contributed by atoms with van der Waals surface area (Å²) in [5.41, 5.74) is 6.59. The maximum atomic E-state index is 13.4. The quantitative estimate of drug-likeness (QED) is 0.122. The molecule has 0 saturated carbocycles. The van der Waals surface area contributed by atoms with Crippen LogP contribution in [0.25, 0.3) is 11.1 Å². The average Bonchev–Trinajstić information content (AvgIpc) is 3.40. The van der Waals surface area contributed by atoms with Gasteiger partial charge in [0, 0.05) is 12.3 Å². The summed E-state index contributed by atoms with van der Waals surface area (Å²) in [5.74, 6) is -0.748. The van der Waals surface area contributed by atoms with Crippen LogP contribution in [-0.2, 0) is 37.4 Å². The first kappa shape index (κ1) is 31.6. The van der Waals surface area contributed by atoms with Crippen LogP contribution in [0.4, 0.5) is 4.79 Å². The molecule has 0 aromatic heterocycles. The summed E-state index contributed by atoms with van der Waals surface area (Å²) in [5, 5.41) is 2.68. The van der Waals surface area contributed by atoms with Gasteiger partial charge in [0.1, 0.15) is 29.9 Å². The van der Waals surface area contributed by atoms with E-state index in [9.17, 15) is 18.0 Å². The second-order valence-corrected chi connectivity index (χ2v) is 12.9. The summed E-state index contributed by atoms with van der Waals surface area (Å²) in [6, 6.07) is 36.8. The van der Waals surface area contributed by atoms with Crippen LogP contribution >= 0.6 is 0 Å². The van der Waals surface area contributed by atoms with Crippen molar-refractivity contribution in [1.82, 2.24) is 5.32 Å². The van der Waals surface area contributed by atoms with Crippen LogP contribution in [0, 0.1) is 6.92 Å². The summed E-state index contributed by atoms with van der Waals surface area (Å²) in [6.07, 6.45) is -0.776. The van der Waals surface area contributed by atoms with Crippen molar-refractivity contribution in [3.8, 4) is 16.9 Å². The largest absolute Gasteiger partial charge is 0.459 e. The molecule has 5 aromatic carbocycles. The molecule has 0 unspecified atom stereocenters. The summed E-state index contributed by atoms with van der Waals surface area (Å²) in [4.78, 5) is 26.6. The SMILES string of the molecule is Cc1ccc(S(=O)(=O)Oc2cccc(C[C@H](NC(=O)OCC3c4ccccc4-c4ccccc43)C(=O)OCc3ccccc3)c2)cc1. The fraction of sp³-hybridized carbons (Fsp3) is 0.158. The normalized spacial score (nSPS) is 12.8. The molecule has 0 heterocycles. The molecule has 6 rings (SSSR count). The third kappa shape index (κ3) is 7.53. The lowest BCUT2D eigenvalue weighted by atomic mass is 9.98. The maximum absolute atomic E-state index is 13.4. The highest BCUT2D eigenvalue weighted by atomic mass is 32.2. The van der Waals surface area contributed by atoms with Crippen molar-refractivity contribution in [2.45, 2.75) is 36.8 Å². The summed E-state index contributed by atoms with van der Waals surface area (Å²) >= 11 is 0. The molecular formula is C38H33NO7S. The van der Waals surface area contributed by atoms with E-state index in [1.54, 1.807) is 24.3 Å². The standard InChI is InChI=1S/C38H33NO7S/c1-26-18-20-30(21-19-26)47(42,43)46-29-13-9-12-28(22-29)23-36(37(40)44-24-27-10-3-2-4-11-27)39-38(41)45-25-35-33-16-7-5-14-31(33)32-15-6-8-17-34(32)35/h2-22,35-36H,23-25H2,1H3,(H,39,41)/t36-/m0/s1. The molecule has 8 nitrogen and oxygen atoms in total. The minimum Gasteiger partial charge on any atom is -0.459 e. The number of hydrogen-bond donors (Lipinski definition) is 1. The molecular weight excluding hydrogens is 614 g/mol. The van der Waals surface area contributed by atoms with Gasteiger partial charge in [-0.1, -0.05) is 109 Å². The van der Waals surface area contributed by atoms with Gasteiger partial charge in [0.15, 0.2) is 0 Å². The monoisotopic (exact) mass is 647 g/mol. The number of amides is 1. The lowest BCUT2D eigenvalue weighted by molar-refractivity contribution is -0.147. The van der Waals surface area contributed by atoms with E-state index >= 15 is 0 Å². The number of ether oxygens (including phenoxy) is 2. The number of nitrogens with one attached hydrogen (secondary N) is 1. The van der Waals surface area contributed by atoms with Crippen molar-refractivity contribution < 1.29 is 31.7 Å². The Morgan fingerprint density at radius 2 is 1.34 bits per heavy atom. The molecule has 0 aliphatic heterocycles. The molecule has 0 spiro atoms. The Morgan fingerprint density at radius 3 is 2.02 bits per heavy atom. The van der Waals surface area contributed by atoms with Crippen LogP contribution in [0.1, 0.15) is 33.7 Å². The number of carbonyl (C=O) groups is 2. The highest BCUT2D eigenvalue weighted by Gasteiger charge is 2.30. The van der Waals surface area contributed by atoms with Crippen molar-refractivity contribution in [2.75, 3.05) is 6.61 Å². The first-order chi connectivity index (χ1) is 22.8. The predicted molar refractivity (Wildman–Crippen MR) is 177 cm³/mol. The number of fused-ring (bicyclic) bond motifs is 3. The topological polar surface area (TPSA) is 108 Å². The van der Waals surface area contributed by atoms with Crippen LogP contribution in [0.5, 0.6) is 5.75 Å². The maximum Gasteiger partial charge on any atom is 0.407 e. The zero-order valence-electron chi connectivity index (χ0n) is 25.7. The summed E-state index contributed by atoms with van der Waals surface area (Å²) in [6.45, 7) is 1.95. The Morgan fingerprint density at radius 1 is 0.723 bits per heavy atom. The smallest absolute Gasteiger partial charge is 0.407 e. The van der Waals surface area contributed by atoms with Crippen molar-refractivity contribution >= 4 is 22.2 Å². The first-order valence-electron chi connectivity index (χ1n) is 15.2. The molecule has 9 heteroatoms. The van der Waals surface area contributed by atoms with Gasteiger partial charge in [0.2, 0.25) is 0 Å². The van der Waals surface area contributed by atoms with Crippen LogP contribution in [-0.4, -0.2) is 33.1 Å². The van der Waals surface area contributed by atoms with Gasteiger partial charge >= 0.3 is 22.2 Å². The van der Waals surface area contributed by atoms with Crippen molar-refractivity contribution in [3.63, 3.8) is 0 Å². The number of hydrogen-bond acceptors (Lipinski definition) is 7. The van der Waals surface area contributed by atoms with Gasteiger partial charge in [0.05, 0.1) is 0 Å². The summed E-state index contributed by atoms with van der Waals surface area (Å²) < 4.78 is 42.4. The Balaban J connectivity index is 1.17. The van der Waals surface area contributed by atoms with E-state index in [1.165, 1.54) is 24.3 Å². The zero-order valence-corrected chi connectivity index (χ0v) is 26.5. The van der Waals surface area contributed by atoms with Gasteiger partial charge in [0.25, 0.3) is 0 Å². The van der Waals surface area contributed by atoms with E-state index < -0.39 is 28.2 Å². The van der Waals surface area contributed by atoms with E-state index in [-0.39, 0.29) is 36.2 Å². The Kier molecular flexibility index (Phi) is 9.35. The van der Waals surface area contributed by atoms with Gasteiger partial charge in [-0.3, -0.25) is 0 Å². The van der Waals surface area contributed by atoms with Gasteiger partial charge in [-0.15, -0.1) is 0 Å². The number of benzene rings is 5. The Bertz CT molecular complexity index is 1950. The molecule has 0 bridgehead atoms. The fourth-order valence-corrected chi connectivity index (χ4v) is 6.57. The van der Waals surface area contributed by atoms with Crippen molar-refractivity contribution in [2.24, 2.45) is 0 Å². The number of alkyl carbamates (subject to hydrolysis) is 1. The second-order valence-electron chi connectivity index (χ2n) is 11.3. The molecule has 1 atom stereocenters.